The zero-order valence-corrected chi connectivity index (χ0v) is 14.3. The molecule has 2 aromatic carbocycles. The number of methoxy groups -OCH3 is 1. The van der Waals surface area contributed by atoms with Crippen molar-refractivity contribution >= 4 is 5.91 Å². The predicted octanol–water partition coefficient (Wildman–Crippen LogP) is 3.45. The number of carbonyl (C=O) groups excluding carboxylic acids is 1. The lowest BCUT2D eigenvalue weighted by Gasteiger charge is -2.32. The Kier molecular flexibility index (Phi) is 5.53. The maximum absolute atomic E-state index is 12.9. The van der Waals surface area contributed by atoms with Crippen LogP contribution in [0.5, 0.6) is 11.5 Å². The van der Waals surface area contributed by atoms with Gasteiger partial charge in [-0.05, 0) is 42.0 Å². The van der Waals surface area contributed by atoms with Gasteiger partial charge < -0.3 is 14.4 Å². The molecule has 5 heteroatoms. The Morgan fingerprint density at radius 1 is 1.04 bits per heavy atom. The van der Waals surface area contributed by atoms with Crippen LogP contribution >= 0.6 is 0 Å². The zero-order valence-electron chi connectivity index (χ0n) is 14.3. The first-order chi connectivity index (χ1) is 12.1. The average Bonchev–Trinajstić information content (AvgIpc) is 2.65. The van der Waals surface area contributed by atoms with Gasteiger partial charge in [-0.3, -0.25) is 4.79 Å². The highest BCUT2D eigenvalue weighted by atomic mass is 19.1. The normalized spacial score (nSPS) is 15.0. The topological polar surface area (TPSA) is 38.8 Å². The average molecular weight is 343 g/mol. The molecule has 3 rings (SSSR count). The molecule has 2 aromatic rings. The number of likely N-dealkylation sites (tertiary alicyclic amines) is 1. The SMILES string of the molecule is COc1ccc(CC(=O)N2CCC(Oc3ccc(F)cc3)CC2)cc1. The van der Waals surface area contributed by atoms with Crippen molar-refractivity contribution < 1.29 is 18.7 Å². The van der Waals surface area contributed by atoms with Crippen molar-refractivity contribution in [3.63, 3.8) is 0 Å². The summed E-state index contributed by atoms with van der Waals surface area (Å²) in [5.41, 5.74) is 0.982. The Balaban J connectivity index is 1.47. The van der Waals surface area contributed by atoms with E-state index in [0.717, 1.165) is 24.2 Å². The van der Waals surface area contributed by atoms with E-state index < -0.39 is 0 Å². The van der Waals surface area contributed by atoms with Gasteiger partial charge in [0.25, 0.3) is 0 Å². The number of rotatable bonds is 5. The number of amides is 1. The Labute approximate surface area is 147 Å². The first kappa shape index (κ1) is 17.3. The number of hydrogen-bond acceptors (Lipinski definition) is 3. The van der Waals surface area contributed by atoms with Crippen LogP contribution in [-0.4, -0.2) is 37.1 Å². The van der Waals surface area contributed by atoms with E-state index in [-0.39, 0.29) is 17.8 Å². The van der Waals surface area contributed by atoms with Crippen molar-refractivity contribution in [1.29, 1.82) is 0 Å². The monoisotopic (exact) mass is 343 g/mol. The minimum Gasteiger partial charge on any atom is -0.497 e. The van der Waals surface area contributed by atoms with E-state index in [1.54, 1.807) is 19.2 Å². The van der Waals surface area contributed by atoms with Crippen molar-refractivity contribution in [3.8, 4) is 11.5 Å². The molecule has 4 nitrogen and oxygen atoms in total. The highest BCUT2D eigenvalue weighted by molar-refractivity contribution is 5.78. The molecular formula is C20H22FNO3. The summed E-state index contributed by atoms with van der Waals surface area (Å²) in [4.78, 5) is 14.3. The van der Waals surface area contributed by atoms with Crippen molar-refractivity contribution in [2.75, 3.05) is 20.2 Å². The summed E-state index contributed by atoms with van der Waals surface area (Å²) in [5, 5.41) is 0. The molecule has 25 heavy (non-hydrogen) atoms. The second-order valence-corrected chi connectivity index (χ2v) is 6.18. The van der Waals surface area contributed by atoms with Crippen LogP contribution in [0.15, 0.2) is 48.5 Å². The number of benzene rings is 2. The third-order valence-electron chi connectivity index (χ3n) is 4.43. The Hall–Kier alpha value is -2.56. The third kappa shape index (κ3) is 4.72. The number of halogens is 1. The molecule has 1 saturated heterocycles. The summed E-state index contributed by atoms with van der Waals surface area (Å²) in [7, 11) is 1.62. The molecule has 0 aliphatic carbocycles. The van der Waals surface area contributed by atoms with E-state index in [1.807, 2.05) is 29.2 Å². The highest BCUT2D eigenvalue weighted by Gasteiger charge is 2.24. The maximum Gasteiger partial charge on any atom is 0.226 e. The van der Waals surface area contributed by atoms with Gasteiger partial charge in [0.2, 0.25) is 5.91 Å². The number of carbonyl (C=O) groups is 1. The van der Waals surface area contributed by atoms with Crippen molar-refractivity contribution in [2.24, 2.45) is 0 Å². The van der Waals surface area contributed by atoms with E-state index in [1.165, 1.54) is 12.1 Å². The molecule has 1 heterocycles. The molecule has 1 amide bonds. The van der Waals surface area contributed by atoms with Gasteiger partial charge in [0.1, 0.15) is 23.4 Å². The first-order valence-corrected chi connectivity index (χ1v) is 8.47. The van der Waals surface area contributed by atoms with Crippen molar-refractivity contribution in [1.82, 2.24) is 4.90 Å². The molecule has 0 aromatic heterocycles. The van der Waals surface area contributed by atoms with Gasteiger partial charge in [-0.1, -0.05) is 12.1 Å². The molecule has 1 fully saturated rings. The van der Waals surface area contributed by atoms with Gasteiger partial charge in [0.05, 0.1) is 13.5 Å². The Morgan fingerprint density at radius 2 is 1.64 bits per heavy atom. The summed E-state index contributed by atoms with van der Waals surface area (Å²) >= 11 is 0. The lowest BCUT2D eigenvalue weighted by atomic mass is 10.1. The minimum absolute atomic E-state index is 0.0653. The van der Waals surface area contributed by atoms with Gasteiger partial charge in [-0.15, -0.1) is 0 Å². The maximum atomic E-state index is 12.9. The summed E-state index contributed by atoms with van der Waals surface area (Å²) in [6.45, 7) is 1.36. The zero-order chi connectivity index (χ0) is 17.6. The van der Waals surface area contributed by atoms with Crippen LogP contribution < -0.4 is 9.47 Å². The first-order valence-electron chi connectivity index (χ1n) is 8.47. The molecule has 1 aliphatic rings. The summed E-state index contributed by atoms with van der Waals surface area (Å²) in [6, 6.07) is 13.6. The molecule has 0 unspecified atom stereocenters. The van der Waals surface area contributed by atoms with Crippen molar-refractivity contribution in [3.05, 3.63) is 59.9 Å². The van der Waals surface area contributed by atoms with Crippen LogP contribution in [0.4, 0.5) is 4.39 Å². The van der Waals surface area contributed by atoms with Gasteiger partial charge in [-0.25, -0.2) is 4.39 Å². The minimum atomic E-state index is -0.272. The molecule has 0 radical (unpaired) electrons. The van der Waals surface area contributed by atoms with E-state index in [4.69, 9.17) is 9.47 Å². The third-order valence-corrected chi connectivity index (χ3v) is 4.43. The van der Waals surface area contributed by atoms with E-state index in [9.17, 15) is 9.18 Å². The molecule has 0 bridgehead atoms. The summed E-state index contributed by atoms with van der Waals surface area (Å²) in [6.07, 6.45) is 2.03. The number of nitrogens with zero attached hydrogens (tertiary/aromatic N) is 1. The predicted molar refractivity (Wildman–Crippen MR) is 93.3 cm³/mol. The molecule has 0 spiro atoms. The second kappa shape index (κ2) is 8.01. The molecular weight excluding hydrogens is 321 g/mol. The lowest BCUT2D eigenvalue weighted by Crippen LogP contribution is -2.42. The summed E-state index contributed by atoms with van der Waals surface area (Å²) in [5.74, 6) is 1.32. The highest BCUT2D eigenvalue weighted by Crippen LogP contribution is 2.20. The quantitative estimate of drug-likeness (QED) is 0.835. The number of ether oxygens (including phenoxy) is 2. The summed E-state index contributed by atoms with van der Waals surface area (Å²) < 4.78 is 23.9. The largest absolute Gasteiger partial charge is 0.497 e. The molecule has 132 valence electrons. The fourth-order valence-corrected chi connectivity index (χ4v) is 2.96. The van der Waals surface area contributed by atoms with Crippen LogP contribution in [0.25, 0.3) is 0 Å². The molecule has 0 atom stereocenters. The van der Waals surface area contributed by atoms with Gasteiger partial charge >= 0.3 is 0 Å². The smallest absolute Gasteiger partial charge is 0.226 e. The molecule has 0 N–H and O–H groups in total. The molecule has 0 saturated carbocycles. The van der Waals surface area contributed by atoms with Crippen LogP contribution in [0, 0.1) is 5.82 Å². The fourth-order valence-electron chi connectivity index (χ4n) is 2.96. The van der Waals surface area contributed by atoms with E-state index >= 15 is 0 Å². The Morgan fingerprint density at radius 3 is 2.24 bits per heavy atom. The second-order valence-electron chi connectivity index (χ2n) is 6.18. The lowest BCUT2D eigenvalue weighted by molar-refractivity contribution is -0.132. The van der Waals surface area contributed by atoms with Crippen molar-refractivity contribution in [2.45, 2.75) is 25.4 Å². The number of hydrogen-bond donors (Lipinski definition) is 0. The van der Waals surface area contributed by atoms with E-state index in [0.29, 0.717) is 25.3 Å². The Bertz CT molecular complexity index is 692. The van der Waals surface area contributed by atoms with Crippen LogP contribution in [-0.2, 0) is 11.2 Å². The van der Waals surface area contributed by atoms with Gasteiger partial charge in [0, 0.05) is 25.9 Å². The van der Waals surface area contributed by atoms with E-state index in [2.05, 4.69) is 0 Å². The van der Waals surface area contributed by atoms with Crippen LogP contribution in [0.3, 0.4) is 0 Å². The van der Waals surface area contributed by atoms with Gasteiger partial charge in [-0.2, -0.15) is 0 Å². The fraction of sp³-hybridized carbons (Fsp3) is 0.350. The number of piperidine rings is 1. The standard InChI is InChI=1S/C20H22FNO3/c1-24-17-6-2-15(3-7-17)14-20(23)22-12-10-19(11-13-22)25-18-8-4-16(21)5-9-18/h2-9,19H,10-14H2,1H3. The van der Waals surface area contributed by atoms with Gasteiger partial charge in [0.15, 0.2) is 0 Å². The van der Waals surface area contributed by atoms with Crippen LogP contribution in [0.2, 0.25) is 0 Å². The molecule has 1 aliphatic heterocycles. The van der Waals surface area contributed by atoms with Crippen LogP contribution in [0.1, 0.15) is 18.4 Å².